The van der Waals surface area contributed by atoms with E-state index in [9.17, 15) is 13.2 Å². The molecule has 0 bridgehead atoms. The minimum atomic E-state index is -3.54. The molecule has 112 valence electrons. The first kappa shape index (κ1) is 15.6. The molecule has 0 saturated heterocycles. The smallest absolute Gasteiger partial charge is 0.335 e. The highest BCUT2D eigenvalue weighted by Crippen LogP contribution is 2.11. The molecular formula is C13H14N2O4S2. The molecule has 21 heavy (non-hydrogen) atoms. The van der Waals surface area contributed by atoms with Gasteiger partial charge in [0.15, 0.2) is 0 Å². The highest BCUT2D eigenvalue weighted by molar-refractivity contribution is 7.88. The first-order valence-electron chi connectivity index (χ1n) is 6.06. The Morgan fingerprint density at radius 3 is 2.81 bits per heavy atom. The molecule has 2 N–H and O–H groups in total. The van der Waals surface area contributed by atoms with Crippen LogP contribution in [0.25, 0.3) is 0 Å². The Bertz CT molecular complexity index is 753. The highest BCUT2D eigenvalue weighted by Gasteiger charge is 2.13. The van der Waals surface area contributed by atoms with Crippen LogP contribution in [0.4, 0.5) is 0 Å². The molecule has 0 aliphatic heterocycles. The standard InChI is InChI=1S/C13H14N2O4S2/c1-9-15-12(7-20-9)6-14-21(18,19)8-10-3-2-4-11(5-10)13(16)17/h2-5,7,14H,6,8H2,1H3,(H,16,17). The maximum Gasteiger partial charge on any atom is 0.335 e. The average molecular weight is 326 g/mol. The molecule has 1 heterocycles. The predicted molar refractivity (Wildman–Crippen MR) is 79.7 cm³/mol. The van der Waals surface area contributed by atoms with Gasteiger partial charge in [-0.2, -0.15) is 0 Å². The summed E-state index contributed by atoms with van der Waals surface area (Å²) in [7, 11) is -3.54. The zero-order valence-corrected chi connectivity index (χ0v) is 12.9. The molecule has 6 nitrogen and oxygen atoms in total. The predicted octanol–water partition coefficient (Wildman–Crippen LogP) is 1.77. The maximum absolute atomic E-state index is 12.0. The van der Waals surface area contributed by atoms with Gasteiger partial charge in [-0.05, 0) is 24.6 Å². The van der Waals surface area contributed by atoms with Crippen LogP contribution in [0.5, 0.6) is 0 Å². The summed E-state index contributed by atoms with van der Waals surface area (Å²) >= 11 is 1.45. The summed E-state index contributed by atoms with van der Waals surface area (Å²) < 4.78 is 26.4. The fourth-order valence-electron chi connectivity index (χ4n) is 1.74. The normalized spacial score (nSPS) is 11.5. The average Bonchev–Trinajstić information content (AvgIpc) is 2.82. The number of carbonyl (C=O) groups is 1. The van der Waals surface area contributed by atoms with Gasteiger partial charge in [0.2, 0.25) is 10.0 Å². The van der Waals surface area contributed by atoms with Crippen LogP contribution in [-0.2, 0) is 22.3 Å². The van der Waals surface area contributed by atoms with E-state index in [1.54, 1.807) is 11.4 Å². The molecular weight excluding hydrogens is 312 g/mol. The molecule has 0 spiro atoms. The lowest BCUT2D eigenvalue weighted by molar-refractivity contribution is 0.0696. The third kappa shape index (κ3) is 4.62. The Morgan fingerprint density at radius 1 is 1.43 bits per heavy atom. The van der Waals surface area contributed by atoms with Crippen molar-refractivity contribution in [3.8, 4) is 0 Å². The van der Waals surface area contributed by atoms with Gasteiger partial charge in [0.25, 0.3) is 0 Å². The van der Waals surface area contributed by atoms with E-state index in [1.165, 1.54) is 29.5 Å². The van der Waals surface area contributed by atoms with Gasteiger partial charge in [0.05, 0.1) is 28.6 Å². The van der Waals surface area contributed by atoms with Gasteiger partial charge >= 0.3 is 5.97 Å². The van der Waals surface area contributed by atoms with Crippen LogP contribution in [0, 0.1) is 6.92 Å². The number of sulfonamides is 1. The molecule has 2 rings (SSSR count). The van der Waals surface area contributed by atoms with E-state index in [0.29, 0.717) is 11.3 Å². The maximum atomic E-state index is 12.0. The molecule has 1 aromatic carbocycles. The topological polar surface area (TPSA) is 96.4 Å². The first-order valence-corrected chi connectivity index (χ1v) is 8.59. The van der Waals surface area contributed by atoms with Crippen molar-refractivity contribution < 1.29 is 18.3 Å². The number of nitrogens with one attached hydrogen (secondary N) is 1. The monoisotopic (exact) mass is 326 g/mol. The second-order valence-electron chi connectivity index (χ2n) is 4.44. The minimum Gasteiger partial charge on any atom is -0.478 e. The molecule has 8 heteroatoms. The Balaban J connectivity index is 2.03. The van der Waals surface area contributed by atoms with E-state index in [4.69, 9.17) is 5.11 Å². The number of hydrogen-bond donors (Lipinski definition) is 2. The van der Waals surface area contributed by atoms with Crippen LogP contribution in [0.1, 0.15) is 26.6 Å². The van der Waals surface area contributed by atoms with Gasteiger partial charge in [-0.1, -0.05) is 12.1 Å². The summed E-state index contributed by atoms with van der Waals surface area (Å²) in [6.45, 7) is 1.98. The number of hydrogen-bond acceptors (Lipinski definition) is 5. The summed E-state index contributed by atoms with van der Waals surface area (Å²) in [5, 5.41) is 11.6. The largest absolute Gasteiger partial charge is 0.478 e. The van der Waals surface area contributed by atoms with Gasteiger partial charge in [0, 0.05) is 5.38 Å². The van der Waals surface area contributed by atoms with E-state index >= 15 is 0 Å². The molecule has 0 aliphatic carbocycles. The summed E-state index contributed by atoms with van der Waals surface area (Å²) in [5.74, 6) is -1.35. The van der Waals surface area contributed by atoms with Gasteiger partial charge in [-0.15, -0.1) is 11.3 Å². The van der Waals surface area contributed by atoms with Crippen LogP contribution < -0.4 is 4.72 Å². The molecule has 1 aromatic heterocycles. The van der Waals surface area contributed by atoms with Crippen molar-refractivity contribution in [3.63, 3.8) is 0 Å². The van der Waals surface area contributed by atoms with Gasteiger partial charge in [-0.3, -0.25) is 0 Å². The lowest BCUT2D eigenvalue weighted by Gasteiger charge is -2.06. The van der Waals surface area contributed by atoms with Crippen molar-refractivity contribution in [2.75, 3.05) is 0 Å². The Hall–Kier alpha value is -1.77. The number of rotatable bonds is 6. The number of aromatic carboxylic acids is 1. The van der Waals surface area contributed by atoms with Gasteiger partial charge in [0.1, 0.15) is 0 Å². The number of carboxylic acid groups (broad SMARTS) is 1. The lowest BCUT2D eigenvalue weighted by atomic mass is 10.1. The number of aromatic nitrogens is 1. The summed E-state index contributed by atoms with van der Waals surface area (Å²) in [4.78, 5) is 15.0. The summed E-state index contributed by atoms with van der Waals surface area (Å²) in [6.07, 6.45) is 0. The van der Waals surface area contributed by atoms with Crippen molar-refractivity contribution in [1.29, 1.82) is 0 Å². The second-order valence-corrected chi connectivity index (χ2v) is 7.31. The Kier molecular flexibility index (Phi) is 4.71. The van der Waals surface area contributed by atoms with E-state index in [2.05, 4.69) is 9.71 Å². The number of nitrogens with zero attached hydrogens (tertiary/aromatic N) is 1. The molecule has 0 atom stereocenters. The molecule has 0 radical (unpaired) electrons. The Morgan fingerprint density at radius 2 is 2.19 bits per heavy atom. The number of benzene rings is 1. The van der Waals surface area contributed by atoms with E-state index in [1.807, 2.05) is 6.92 Å². The van der Waals surface area contributed by atoms with Crippen LogP contribution in [0.2, 0.25) is 0 Å². The first-order chi connectivity index (χ1) is 9.85. The van der Waals surface area contributed by atoms with Gasteiger partial charge < -0.3 is 5.11 Å². The summed E-state index contributed by atoms with van der Waals surface area (Å²) in [6, 6.07) is 5.88. The minimum absolute atomic E-state index is 0.0674. The van der Waals surface area contributed by atoms with Crippen molar-refractivity contribution in [2.24, 2.45) is 0 Å². The number of thiazole rings is 1. The van der Waals surface area contributed by atoms with Crippen LogP contribution in [-0.4, -0.2) is 24.5 Å². The quantitative estimate of drug-likeness (QED) is 0.843. The van der Waals surface area contributed by atoms with Crippen molar-refractivity contribution in [1.82, 2.24) is 9.71 Å². The van der Waals surface area contributed by atoms with Crippen LogP contribution in [0.15, 0.2) is 29.6 Å². The van der Waals surface area contributed by atoms with Crippen molar-refractivity contribution >= 4 is 27.3 Å². The van der Waals surface area contributed by atoms with E-state index < -0.39 is 16.0 Å². The lowest BCUT2D eigenvalue weighted by Crippen LogP contribution is -2.25. The summed E-state index contributed by atoms with van der Waals surface area (Å²) in [5.41, 5.74) is 1.16. The fraction of sp³-hybridized carbons (Fsp3) is 0.231. The third-order valence-electron chi connectivity index (χ3n) is 2.67. The molecule has 0 fully saturated rings. The molecule has 0 amide bonds. The molecule has 0 aliphatic rings. The van der Waals surface area contributed by atoms with E-state index in [0.717, 1.165) is 5.01 Å². The van der Waals surface area contributed by atoms with Crippen LogP contribution >= 0.6 is 11.3 Å². The van der Waals surface area contributed by atoms with Crippen LogP contribution in [0.3, 0.4) is 0 Å². The van der Waals surface area contributed by atoms with Crippen molar-refractivity contribution in [2.45, 2.75) is 19.2 Å². The molecule has 0 unspecified atom stereocenters. The Labute approximate surface area is 126 Å². The zero-order chi connectivity index (χ0) is 15.5. The van der Waals surface area contributed by atoms with Gasteiger partial charge in [-0.25, -0.2) is 22.9 Å². The number of carboxylic acids is 1. The number of aryl methyl sites for hydroxylation is 1. The SMILES string of the molecule is Cc1nc(CNS(=O)(=O)Cc2cccc(C(=O)O)c2)cs1. The zero-order valence-electron chi connectivity index (χ0n) is 11.2. The second kappa shape index (κ2) is 6.33. The molecule has 2 aromatic rings. The highest BCUT2D eigenvalue weighted by atomic mass is 32.2. The van der Waals surface area contributed by atoms with E-state index in [-0.39, 0.29) is 17.9 Å². The fourth-order valence-corrected chi connectivity index (χ4v) is 3.44. The third-order valence-corrected chi connectivity index (χ3v) is 4.79. The molecule has 0 saturated carbocycles. The van der Waals surface area contributed by atoms with Crippen molar-refractivity contribution in [3.05, 3.63) is 51.5 Å².